The van der Waals surface area contributed by atoms with Crippen molar-refractivity contribution in [1.82, 2.24) is 16.0 Å². The van der Waals surface area contributed by atoms with E-state index in [-0.39, 0.29) is 5.92 Å². The minimum atomic E-state index is -1.60. The van der Waals surface area contributed by atoms with Crippen molar-refractivity contribution in [3.05, 3.63) is 0 Å². The predicted octanol–water partition coefficient (Wildman–Crippen LogP) is -1.70. The maximum absolute atomic E-state index is 12.8. The van der Waals surface area contributed by atoms with Gasteiger partial charge in [-0.05, 0) is 11.8 Å². The van der Waals surface area contributed by atoms with Crippen molar-refractivity contribution >= 4 is 35.6 Å². The van der Waals surface area contributed by atoms with Gasteiger partial charge < -0.3 is 37.6 Å². The molecule has 0 aliphatic rings. The molecule has 0 aliphatic heterocycles. The van der Waals surface area contributed by atoms with Crippen LogP contribution in [0.5, 0.6) is 0 Å². The zero-order valence-electron chi connectivity index (χ0n) is 19.3. The summed E-state index contributed by atoms with van der Waals surface area (Å²) in [6.45, 7) is 6.82. The first kappa shape index (κ1) is 29.8. The molecule has 13 nitrogen and oxygen atoms in total. The van der Waals surface area contributed by atoms with Gasteiger partial charge in [0.1, 0.15) is 18.1 Å². The molecule has 0 aliphatic carbocycles. The number of hydrogen-bond acceptors (Lipinski definition) is 7. The van der Waals surface area contributed by atoms with Crippen molar-refractivity contribution in [3.63, 3.8) is 0 Å². The number of nitrogens with one attached hydrogen (secondary N) is 3. The van der Waals surface area contributed by atoms with Crippen molar-refractivity contribution in [2.75, 3.05) is 0 Å². The summed E-state index contributed by atoms with van der Waals surface area (Å²) in [7, 11) is 0. The molecule has 188 valence electrons. The topological polar surface area (TPSA) is 231 Å². The lowest BCUT2D eigenvalue weighted by Gasteiger charge is -2.29. The molecule has 0 aromatic heterocycles. The van der Waals surface area contributed by atoms with Crippen molar-refractivity contribution in [3.8, 4) is 0 Å². The Morgan fingerprint density at radius 3 is 1.67 bits per heavy atom. The quantitative estimate of drug-likeness (QED) is 0.143. The van der Waals surface area contributed by atoms with Gasteiger partial charge in [-0.25, -0.2) is 4.79 Å². The summed E-state index contributed by atoms with van der Waals surface area (Å²) in [5.41, 5.74) is 10.5. The third-order valence-electron chi connectivity index (χ3n) is 5.34. The number of carbonyl (C=O) groups is 6. The number of nitrogens with two attached hydrogens (primary N) is 2. The van der Waals surface area contributed by atoms with Gasteiger partial charge in [0.2, 0.25) is 23.6 Å². The minimum absolute atomic E-state index is 0.384. The molecule has 0 saturated carbocycles. The van der Waals surface area contributed by atoms with Crippen LogP contribution in [0.2, 0.25) is 0 Å². The maximum Gasteiger partial charge on any atom is 0.326 e. The monoisotopic (exact) mass is 473 g/mol. The number of carboxylic acid groups (broad SMARTS) is 2. The van der Waals surface area contributed by atoms with E-state index in [2.05, 4.69) is 16.0 Å². The maximum atomic E-state index is 12.8. The zero-order chi connectivity index (χ0) is 25.9. The molecule has 0 spiro atoms. The molecule has 0 rings (SSSR count). The van der Waals surface area contributed by atoms with Gasteiger partial charge in [0.15, 0.2) is 0 Å². The Bertz CT molecular complexity index is 744. The second-order valence-electron chi connectivity index (χ2n) is 8.02. The van der Waals surface area contributed by atoms with Crippen LogP contribution in [-0.2, 0) is 28.8 Å². The summed E-state index contributed by atoms with van der Waals surface area (Å²) in [6.07, 6.45) is -0.424. The fourth-order valence-electron chi connectivity index (χ4n) is 2.85. The number of aliphatic carboxylic acids is 2. The van der Waals surface area contributed by atoms with Crippen LogP contribution in [-0.4, -0.2) is 69.9 Å². The van der Waals surface area contributed by atoms with Crippen molar-refractivity contribution in [1.29, 1.82) is 0 Å². The third kappa shape index (κ3) is 10.3. The first-order chi connectivity index (χ1) is 15.2. The van der Waals surface area contributed by atoms with Crippen LogP contribution >= 0.6 is 0 Å². The number of rotatable bonds is 15. The van der Waals surface area contributed by atoms with Gasteiger partial charge in [-0.15, -0.1) is 0 Å². The summed E-state index contributed by atoms with van der Waals surface area (Å²) in [5.74, 6) is -7.03. The lowest BCUT2D eigenvalue weighted by Crippen LogP contribution is -2.59. The molecular weight excluding hydrogens is 438 g/mol. The Morgan fingerprint density at radius 1 is 0.758 bits per heavy atom. The van der Waals surface area contributed by atoms with Crippen LogP contribution in [0.3, 0.4) is 0 Å². The van der Waals surface area contributed by atoms with E-state index in [1.807, 2.05) is 0 Å². The molecule has 0 heterocycles. The van der Waals surface area contributed by atoms with Crippen molar-refractivity contribution in [2.45, 2.75) is 77.5 Å². The van der Waals surface area contributed by atoms with Crippen LogP contribution in [0.25, 0.3) is 0 Å². The Morgan fingerprint density at radius 2 is 1.24 bits per heavy atom. The molecule has 33 heavy (non-hydrogen) atoms. The van der Waals surface area contributed by atoms with Gasteiger partial charge in [-0.1, -0.05) is 40.5 Å². The van der Waals surface area contributed by atoms with E-state index in [9.17, 15) is 33.9 Å². The van der Waals surface area contributed by atoms with Gasteiger partial charge in [0.05, 0.1) is 18.9 Å². The highest BCUT2D eigenvalue weighted by atomic mass is 16.4. The molecular formula is C20H35N5O8. The summed E-state index contributed by atoms with van der Waals surface area (Å²) in [5, 5.41) is 25.5. The van der Waals surface area contributed by atoms with Gasteiger partial charge >= 0.3 is 11.9 Å². The van der Waals surface area contributed by atoms with Gasteiger partial charge in [-0.2, -0.15) is 0 Å². The van der Waals surface area contributed by atoms with Crippen LogP contribution in [0.4, 0.5) is 0 Å². The first-order valence-electron chi connectivity index (χ1n) is 10.6. The molecule has 6 atom stereocenters. The molecule has 4 amide bonds. The zero-order valence-corrected chi connectivity index (χ0v) is 19.3. The third-order valence-corrected chi connectivity index (χ3v) is 5.34. The number of carbonyl (C=O) groups excluding carboxylic acids is 4. The second-order valence-corrected chi connectivity index (χ2v) is 8.02. The highest BCUT2D eigenvalue weighted by Crippen LogP contribution is 2.12. The molecule has 9 N–H and O–H groups in total. The Labute approximate surface area is 192 Å². The normalized spacial score (nSPS) is 16.3. The predicted molar refractivity (Wildman–Crippen MR) is 116 cm³/mol. The Hall–Kier alpha value is -3.22. The summed E-state index contributed by atoms with van der Waals surface area (Å²) in [4.78, 5) is 71.5. The summed E-state index contributed by atoms with van der Waals surface area (Å²) >= 11 is 0. The average molecular weight is 474 g/mol. The molecule has 0 radical (unpaired) electrons. The van der Waals surface area contributed by atoms with Crippen molar-refractivity contribution < 1.29 is 39.0 Å². The van der Waals surface area contributed by atoms with E-state index in [0.717, 1.165) is 0 Å². The molecule has 13 heteroatoms. The number of hydrogen-bond donors (Lipinski definition) is 7. The van der Waals surface area contributed by atoms with Crippen LogP contribution < -0.4 is 27.4 Å². The molecule has 0 aromatic rings. The lowest BCUT2D eigenvalue weighted by molar-refractivity contribution is -0.144. The molecule has 6 unspecified atom stereocenters. The average Bonchev–Trinajstić information content (AvgIpc) is 2.72. The SMILES string of the molecule is CCC(C)C(NC(=O)C(NC(=O)C(CC(=O)O)NC(=O)C(N)CC(N)=O)C(C)CC)C(=O)O. The standard InChI is InChI=1S/C20H35N5O8/c1-5-9(3)15(19(31)25-16(20(32)33)10(4)6-2)24-18(30)12(8-14(27)28)23-17(29)11(21)7-13(22)26/h9-12,15-16H,5-8,21H2,1-4H3,(H2,22,26)(H,23,29)(H,24,30)(H,25,31)(H,27,28)(H,32,33). The lowest BCUT2D eigenvalue weighted by atomic mass is 9.95. The molecule has 0 bridgehead atoms. The second kappa shape index (κ2) is 14.0. The van der Waals surface area contributed by atoms with E-state index in [0.29, 0.717) is 12.8 Å². The summed E-state index contributed by atoms with van der Waals surface area (Å²) < 4.78 is 0. The van der Waals surface area contributed by atoms with Crippen LogP contribution in [0.15, 0.2) is 0 Å². The fraction of sp³-hybridized carbons (Fsp3) is 0.700. The minimum Gasteiger partial charge on any atom is -0.481 e. The Balaban J connectivity index is 5.64. The van der Waals surface area contributed by atoms with Gasteiger partial charge in [0, 0.05) is 0 Å². The highest BCUT2D eigenvalue weighted by molar-refractivity contribution is 5.96. The smallest absolute Gasteiger partial charge is 0.326 e. The van der Waals surface area contributed by atoms with Gasteiger partial charge in [0.25, 0.3) is 0 Å². The molecule has 0 saturated heterocycles. The van der Waals surface area contributed by atoms with E-state index >= 15 is 0 Å². The Kier molecular flexibility index (Phi) is 12.7. The highest BCUT2D eigenvalue weighted by Gasteiger charge is 2.34. The number of carboxylic acids is 2. The molecule has 0 aromatic carbocycles. The van der Waals surface area contributed by atoms with Crippen LogP contribution in [0, 0.1) is 11.8 Å². The molecule has 0 fully saturated rings. The van der Waals surface area contributed by atoms with Crippen molar-refractivity contribution in [2.24, 2.45) is 23.3 Å². The van der Waals surface area contributed by atoms with Gasteiger partial charge in [-0.3, -0.25) is 24.0 Å². The first-order valence-corrected chi connectivity index (χ1v) is 10.6. The largest absolute Gasteiger partial charge is 0.481 e. The van der Waals surface area contributed by atoms with Crippen LogP contribution in [0.1, 0.15) is 53.4 Å². The summed E-state index contributed by atoms with van der Waals surface area (Å²) in [6, 6.07) is -5.38. The van der Waals surface area contributed by atoms with E-state index in [1.165, 1.54) is 0 Å². The van der Waals surface area contributed by atoms with E-state index in [1.54, 1.807) is 27.7 Å². The fourth-order valence-corrected chi connectivity index (χ4v) is 2.85. The number of primary amides is 1. The van der Waals surface area contributed by atoms with E-state index < -0.39 is 78.5 Å². The van der Waals surface area contributed by atoms with E-state index in [4.69, 9.17) is 16.6 Å². The number of amides is 4.